The van der Waals surface area contributed by atoms with Crippen LogP contribution in [0.3, 0.4) is 0 Å². The fraction of sp³-hybridized carbons (Fsp3) is 0.500. The Kier molecular flexibility index (Phi) is 5.65. The maximum Gasteiger partial charge on any atom is 0.320 e. The summed E-state index contributed by atoms with van der Waals surface area (Å²) in [5.74, 6) is 0. The highest BCUT2D eigenvalue weighted by atomic mass is 16.2. The van der Waals surface area contributed by atoms with Crippen LogP contribution in [0.4, 0.5) is 4.79 Å². The number of amides is 2. The zero-order valence-electron chi connectivity index (χ0n) is 11.5. The number of rotatable bonds is 5. The quantitative estimate of drug-likeness (QED) is 0.868. The average molecular weight is 249 g/mol. The number of urea groups is 1. The van der Waals surface area contributed by atoms with Crippen molar-refractivity contribution in [3.8, 4) is 0 Å². The van der Waals surface area contributed by atoms with E-state index < -0.39 is 0 Å². The first kappa shape index (κ1) is 14.5. The third-order valence-corrected chi connectivity index (χ3v) is 3.04. The highest BCUT2D eigenvalue weighted by molar-refractivity contribution is 5.74. The molecule has 0 aliphatic heterocycles. The van der Waals surface area contributed by atoms with Crippen LogP contribution < -0.4 is 5.73 Å². The molecule has 0 atom stereocenters. The van der Waals surface area contributed by atoms with Gasteiger partial charge in [0, 0.05) is 33.2 Å². The van der Waals surface area contributed by atoms with E-state index >= 15 is 0 Å². The highest BCUT2D eigenvalue weighted by Crippen LogP contribution is 2.08. The summed E-state index contributed by atoms with van der Waals surface area (Å²) in [6.45, 7) is 6.64. The van der Waals surface area contributed by atoms with Crippen LogP contribution in [0, 0.1) is 0 Å². The van der Waals surface area contributed by atoms with E-state index in [1.807, 2.05) is 50.1 Å². The van der Waals surface area contributed by atoms with Crippen molar-refractivity contribution >= 4 is 6.03 Å². The third-order valence-electron chi connectivity index (χ3n) is 3.04. The van der Waals surface area contributed by atoms with Crippen molar-refractivity contribution in [1.82, 2.24) is 9.80 Å². The second kappa shape index (κ2) is 7.01. The normalized spacial score (nSPS) is 10.2. The topological polar surface area (TPSA) is 49.6 Å². The number of carbonyl (C=O) groups excluding carboxylic acids is 1. The third kappa shape index (κ3) is 3.74. The fourth-order valence-corrected chi connectivity index (χ4v) is 1.86. The molecule has 0 aliphatic carbocycles. The molecule has 1 rings (SSSR count). The molecule has 18 heavy (non-hydrogen) atoms. The molecule has 4 nitrogen and oxygen atoms in total. The molecular weight excluding hydrogens is 226 g/mol. The van der Waals surface area contributed by atoms with Crippen molar-refractivity contribution in [2.75, 3.05) is 20.1 Å². The van der Waals surface area contributed by atoms with Gasteiger partial charge in [-0.05, 0) is 25.0 Å². The molecule has 100 valence electrons. The van der Waals surface area contributed by atoms with Gasteiger partial charge in [0.05, 0.1) is 0 Å². The minimum atomic E-state index is 0.0721. The highest BCUT2D eigenvalue weighted by Gasteiger charge is 2.14. The van der Waals surface area contributed by atoms with Crippen molar-refractivity contribution in [2.45, 2.75) is 26.9 Å². The van der Waals surface area contributed by atoms with E-state index in [0.717, 1.165) is 24.2 Å². The zero-order chi connectivity index (χ0) is 13.5. The fourth-order valence-electron chi connectivity index (χ4n) is 1.86. The van der Waals surface area contributed by atoms with Gasteiger partial charge in [0.2, 0.25) is 0 Å². The van der Waals surface area contributed by atoms with Gasteiger partial charge in [-0.3, -0.25) is 0 Å². The number of benzene rings is 1. The van der Waals surface area contributed by atoms with E-state index in [1.165, 1.54) is 0 Å². The molecule has 0 aromatic heterocycles. The smallest absolute Gasteiger partial charge is 0.320 e. The van der Waals surface area contributed by atoms with E-state index in [9.17, 15) is 4.79 Å². The molecular formula is C14H23N3O. The van der Waals surface area contributed by atoms with Crippen LogP contribution in [0.5, 0.6) is 0 Å². The summed E-state index contributed by atoms with van der Waals surface area (Å²) in [6.07, 6.45) is 0. The lowest BCUT2D eigenvalue weighted by Gasteiger charge is -2.26. The number of hydrogen-bond donors (Lipinski definition) is 1. The van der Waals surface area contributed by atoms with Crippen LogP contribution in [-0.2, 0) is 13.1 Å². The Morgan fingerprint density at radius 3 is 2.06 bits per heavy atom. The Bertz CT molecular complexity index is 371. The Balaban J connectivity index is 2.62. The van der Waals surface area contributed by atoms with E-state index in [4.69, 9.17) is 5.73 Å². The average Bonchev–Trinajstić information content (AvgIpc) is 2.40. The van der Waals surface area contributed by atoms with E-state index in [0.29, 0.717) is 13.1 Å². The number of hydrogen-bond acceptors (Lipinski definition) is 2. The molecule has 0 fully saturated rings. The van der Waals surface area contributed by atoms with Crippen molar-refractivity contribution < 1.29 is 4.79 Å². The lowest BCUT2D eigenvalue weighted by atomic mass is 10.1. The molecule has 1 aromatic rings. The summed E-state index contributed by atoms with van der Waals surface area (Å²) in [5, 5.41) is 0. The van der Waals surface area contributed by atoms with Gasteiger partial charge >= 0.3 is 6.03 Å². The Labute approximate surface area is 109 Å². The second-order valence-electron chi connectivity index (χ2n) is 4.33. The summed E-state index contributed by atoms with van der Waals surface area (Å²) in [6, 6.07) is 8.13. The van der Waals surface area contributed by atoms with Gasteiger partial charge in [-0.1, -0.05) is 24.3 Å². The van der Waals surface area contributed by atoms with Gasteiger partial charge in [0.15, 0.2) is 0 Å². The van der Waals surface area contributed by atoms with Crippen LogP contribution >= 0.6 is 0 Å². The number of nitrogens with zero attached hydrogens (tertiary/aromatic N) is 2. The van der Waals surface area contributed by atoms with Crippen LogP contribution in [0.2, 0.25) is 0 Å². The van der Waals surface area contributed by atoms with Crippen molar-refractivity contribution in [3.05, 3.63) is 35.4 Å². The summed E-state index contributed by atoms with van der Waals surface area (Å²) in [4.78, 5) is 15.6. The van der Waals surface area contributed by atoms with Crippen LogP contribution in [0.1, 0.15) is 25.0 Å². The number of carbonyl (C=O) groups is 1. The Morgan fingerprint density at radius 1 is 1.11 bits per heavy atom. The molecule has 0 radical (unpaired) electrons. The lowest BCUT2D eigenvalue weighted by Crippen LogP contribution is -2.40. The van der Waals surface area contributed by atoms with Gasteiger partial charge in [-0.2, -0.15) is 0 Å². The van der Waals surface area contributed by atoms with Gasteiger partial charge in [-0.25, -0.2) is 4.79 Å². The van der Waals surface area contributed by atoms with Crippen molar-refractivity contribution in [1.29, 1.82) is 0 Å². The van der Waals surface area contributed by atoms with Crippen molar-refractivity contribution in [3.63, 3.8) is 0 Å². The molecule has 0 heterocycles. The summed E-state index contributed by atoms with van der Waals surface area (Å²) >= 11 is 0. The van der Waals surface area contributed by atoms with E-state index in [2.05, 4.69) is 0 Å². The lowest BCUT2D eigenvalue weighted by molar-refractivity contribution is 0.165. The molecule has 0 unspecified atom stereocenters. The molecule has 2 amide bonds. The zero-order valence-corrected chi connectivity index (χ0v) is 11.5. The molecule has 2 N–H and O–H groups in total. The Hall–Kier alpha value is -1.55. The van der Waals surface area contributed by atoms with Gasteiger partial charge < -0.3 is 15.5 Å². The minimum absolute atomic E-state index is 0.0721. The first-order chi connectivity index (χ1) is 8.62. The summed E-state index contributed by atoms with van der Waals surface area (Å²) in [7, 11) is 1.83. The predicted molar refractivity (Wildman–Crippen MR) is 74.1 cm³/mol. The molecule has 0 saturated heterocycles. The van der Waals surface area contributed by atoms with Gasteiger partial charge in [0.1, 0.15) is 0 Å². The van der Waals surface area contributed by atoms with Crippen LogP contribution in [0.15, 0.2) is 24.3 Å². The molecule has 1 aromatic carbocycles. The molecule has 0 aliphatic rings. The summed E-state index contributed by atoms with van der Waals surface area (Å²) < 4.78 is 0. The van der Waals surface area contributed by atoms with E-state index in [-0.39, 0.29) is 6.03 Å². The first-order valence-electron chi connectivity index (χ1n) is 6.40. The molecule has 4 heteroatoms. The second-order valence-corrected chi connectivity index (χ2v) is 4.33. The minimum Gasteiger partial charge on any atom is -0.326 e. The number of nitrogens with two attached hydrogens (primary N) is 1. The molecule has 0 spiro atoms. The van der Waals surface area contributed by atoms with Gasteiger partial charge in [0.25, 0.3) is 0 Å². The largest absolute Gasteiger partial charge is 0.326 e. The standard InChI is InChI=1S/C14H23N3O/c1-4-17(5-2)14(18)16(3)11-13-8-6-12(10-15)7-9-13/h6-9H,4-5,10-11,15H2,1-3H3. The molecule has 0 saturated carbocycles. The van der Waals surface area contributed by atoms with E-state index in [1.54, 1.807) is 4.90 Å². The monoisotopic (exact) mass is 249 g/mol. The summed E-state index contributed by atoms with van der Waals surface area (Å²) in [5.41, 5.74) is 7.78. The predicted octanol–water partition coefficient (Wildman–Crippen LogP) is 2.04. The van der Waals surface area contributed by atoms with Crippen LogP contribution in [-0.4, -0.2) is 36.0 Å². The SMILES string of the molecule is CCN(CC)C(=O)N(C)Cc1ccc(CN)cc1. The van der Waals surface area contributed by atoms with Crippen molar-refractivity contribution in [2.24, 2.45) is 5.73 Å². The molecule has 0 bridgehead atoms. The first-order valence-corrected chi connectivity index (χ1v) is 6.40. The Morgan fingerprint density at radius 2 is 1.61 bits per heavy atom. The van der Waals surface area contributed by atoms with Crippen LogP contribution in [0.25, 0.3) is 0 Å². The van der Waals surface area contributed by atoms with Gasteiger partial charge in [-0.15, -0.1) is 0 Å². The maximum atomic E-state index is 12.1. The maximum absolute atomic E-state index is 12.1.